The minimum absolute atomic E-state index is 0.0790. The lowest BCUT2D eigenvalue weighted by molar-refractivity contribution is -0.137. The highest BCUT2D eigenvalue weighted by Gasteiger charge is 2.31. The van der Waals surface area contributed by atoms with Crippen molar-refractivity contribution in [3.63, 3.8) is 0 Å². The number of hydrogen-bond acceptors (Lipinski definition) is 2. The third kappa shape index (κ3) is 4.62. The van der Waals surface area contributed by atoms with Gasteiger partial charge in [-0.05, 0) is 66.1 Å². The van der Waals surface area contributed by atoms with Crippen LogP contribution < -0.4 is 10.6 Å². The van der Waals surface area contributed by atoms with Crippen LogP contribution in [0.2, 0.25) is 0 Å². The molecule has 2 heterocycles. The Morgan fingerprint density at radius 1 is 1.00 bits per heavy atom. The molecule has 0 unspecified atom stereocenters. The molecule has 0 saturated heterocycles. The molecule has 2 amide bonds. The molecular weight excluding hydrogens is 462 g/mol. The summed E-state index contributed by atoms with van der Waals surface area (Å²) >= 11 is 0. The van der Waals surface area contributed by atoms with Crippen LogP contribution in [0.25, 0.3) is 10.9 Å². The van der Waals surface area contributed by atoms with Gasteiger partial charge in [0, 0.05) is 35.2 Å². The van der Waals surface area contributed by atoms with Crippen LogP contribution in [0.3, 0.4) is 0 Å². The predicted molar refractivity (Wildman–Crippen MR) is 124 cm³/mol. The number of fused-ring (bicyclic) bond motifs is 2. The number of aromatic nitrogens is 1. The van der Waals surface area contributed by atoms with Crippen molar-refractivity contribution in [2.45, 2.75) is 25.6 Å². The third-order valence-corrected chi connectivity index (χ3v) is 5.95. The molecule has 35 heavy (non-hydrogen) atoms. The van der Waals surface area contributed by atoms with Crippen molar-refractivity contribution in [3.05, 3.63) is 94.9 Å². The molecule has 5 rings (SSSR count). The van der Waals surface area contributed by atoms with Gasteiger partial charge in [0.25, 0.3) is 5.91 Å². The van der Waals surface area contributed by atoms with E-state index in [1.807, 2.05) is 6.07 Å². The van der Waals surface area contributed by atoms with Crippen LogP contribution in [0.1, 0.15) is 33.6 Å². The standard InChI is InChI=1S/C26H19F4N3O2/c27-19-3-1-2-15(10-19)14-33-22-8-6-18(26(28,29)30)11-17(22)12-23(33)25(35)31-20-7-4-16-5-9-24(34)32-21(16)13-20/h1-4,6-8,10-13H,5,9,14H2,(H,31,35)(H,32,34). The van der Waals surface area contributed by atoms with Crippen LogP contribution in [0.5, 0.6) is 0 Å². The van der Waals surface area contributed by atoms with Crippen LogP contribution in [0, 0.1) is 5.82 Å². The summed E-state index contributed by atoms with van der Waals surface area (Å²) in [5.41, 5.74) is 2.22. The fraction of sp³-hybridized carbons (Fsp3) is 0.154. The first-order chi connectivity index (χ1) is 16.7. The van der Waals surface area contributed by atoms with E-state index in [0.29, 0.717) is 35.3 Å². The number of carbonyl (C=O) groups is 2. The van der Waals surface area contributed by atoms with Crippen molar-refractivity contribution in [2.75, 3.05) is 10.6 Å². The average Bonchev–Trinajstić information content (AvgIpc) is 3.16. The summed E-state index contributed by atoms with van der Waals surface area (Å²) in [4.78, 5) is 25.0. The lowest BCUT2D eigenvalue weighted by Gasteiger charge is -2.18. The van der Waals surface area contributed by atoms with E-state index in [0.717, 1.165) is 17.7 Å². The average molecular weight is 481 g/mol. The van der Waals surface area contributed by atoms with Gasteiger partial charge in [-0.1, -0.05) is 18.2 Å². The highest BCUT2D eigenvalue weighted by molar-refractivity contribution is 6.07. The summed E-state index contributed by atoms with van der Waals surface area (Å²) in [6, 6.07) is 15.6. The number of amides is 2. The van der Waals surface area contributed by atoms with Gasteiger partial charge in [-0.3, -0.25) is 9.59 Å². The minimum atomic E-state index is -4.53. The van der Waals surface area contributed by atoms with Gasteiger partial charge in [-0.25, -0.2) is 4.39 Å². The zero-order valence-corrected chi connectivity index (χ0v) is 18.2. The maximum Gasteiger partial charge on any atom is 0.416 e. The molecule has 0 saturated carbocycles. The van der Waals surface area contributed by atoms with E-state index in [-0.39, 0.29) is 23.5 Å². The first kappa shape index (κ1) is 22.6. The van der Waals surface area contributed by atoms with E-state index < -0.39 is 23.5 Å². The zero-order valence-electron chi connectivity index (χ0n) is 18.2. The molecule has 0 radical (unpaired) electrons. The molecular formula is C26H19F4N3O2. The Labute approximate surface area is 197 Å². The minimum Gasteiger partial charge on any atom is -0.332 e. The summed E-state index contributed by atoms with van der Waals surface area (Å²) in [6.45, 7) is 0.0790. The van der Waals surface area contributed by atoms with E-state index in [1.54, 1.807) is 22.8 Å². The van der Waals surface area contributed by atoms with Crippen molar-refractivity contribution < 1.29 is 27.2 Å². The highest BCUT2D eigenvalue weighted by atomic mass is 19.4. The molecule has 0 fully saturated rings. The van der Waals surface area contributed by atoms with Gasteiger partial charge in [0.2, 0.25) is 5.91 Å². The number of nitrogens with zero attached hydrogens (tertiary/aromatic N) is 1. The number of alkyl halides is 3. The summed E-state index contributed by atoms with van der Waals surface area (Å²) in [7, 11) is 0. The Hall–Kier alpha value is -4.14. The van der Waals surface area contributed by atoms with Gasteiger partial charge < -0.3 is 15.2 Å². The van der Waals surface area contributed by atoms with E-state index >= 15 is 0 Å². The fourth-order valence-corrected chi connectivity index (χ4v) is 4.27. The first-order valence-corrected chi connectivity index (χ1v) is 10.9. The number of nitrogens with one attached hydrogen (secondary N) is 2. The van der Waals surface area contributed by atoms with E-state index in [2.05, 4.69) is 10.6 Å². The van der Waals surface area contributed by atoms with Crippen molar-refractivity contribution >= 4 is 34.1 Å². The Morgan fingerprint density at radius 3 is 2.60 bits per heavy atom. The van der Waals surface area contributed by atoms with Gasteiger partial charge in [0.05, 0.1) is 5.56 Å². The smallest absolute Gasteiger partial charge is 0.332 e. The second-order valence-electron chi connectivity index (χ2n) is 8.39. The Bertz CT molecular complexity index is 1470. The largest absolute Gasteiger partial charge is 0.416 e. The van der Waals surface area contributed by atoms with Gasteiger partial charge >= 0.3 is 6.18 Å². The first-order valence-electron chi connectivity index (χ1n) is 10.9. The van der Waals surface area contributed by atoms with Crippen LogP contribution in [-0.4, -0.2) is 16.4 Å². The zero-order chi connectivity index (χ0) is 24.7. The summed E-state index contributed by atoms with van der Waals surface area (Å²) in [5.74, 6) is -1.12. The summed E-state index contributed by atoms with van der Waals surface area (Å²) in [6.07, 6.45) is -3.55. The third-order valence-electron chi connectivity index (χ3n) is 5.95. The van der Waals surface area contributed by atoms with E-state index in [4.69, 9.17) is 0 Å². The number of halogens is 4. The molecule has 9 heteroatoms. The number of hydrogen-bond donors (Lipinski definition) is 2. The molecule has 5 nitrogen and oxygen atoms in total. The van der Waals surface area contributed by atoms with Gasteiger partial charge in [0.15, 0.2) is 0 Å². The molecule has 0 aliphatic carbocycles. The van der Waals surface area contributed by atoms with E-state index in [1.165, 1.54) is 30.3 Å². The SMILES string of the molecule is O=C1CCc2ccc(NC(=O)c3cc4cc(C(F)(F)F)ccc4n3Cc3cccc(F)c3)cc2N1. The number of rotatable bonds is 4. The maximum absolute atomic E-state index is 13.8. The van der Waals surface area contributed by atoms with Gasteiger partial charge in [-0.2, -0.15) is 13.2 Å². The molecule has 1 aromatic heterocycles. The fourth-order valence-electron chi connectivity index (χ4n) is 4.27. The van der Waals surface area contributed by atoms with Crippen molar-refractivity contribution in [1.29, 1.82) is 0 Å². The predicted octanol–water partition coefficient (Wildman–Crippen LogP) is 5.98. The molecule has 0 spiro atoms. The Balaban J connectivity index is 1.54. The Kier molecular flexibility index (Phi) is 5.55. The lowest BCUT2D eigenvalue weighted by Crippen LogP contribution is -2.20. The quantitative estimate of drug-likeness (QED) is 0.352. The van der Waals surface area contributed by atoms with Gasteiger partial charge in [-0.15, -0.1) is 0 Å². The molecule has 0 atom stereocenters. The maximum atomic E-state index is 13.8. The lowest BCUT2D eigenvalue weighted by atomic mass is 10.0. The van der Waals surface area contributed by atoms with Crippen molar-refractivity contribution in [3.8, 4) is 0 Å². The van der Waals surface area contributed by atoms with Crippen LogP contribution in [-0.2, 0) is 23.9 Å². The normalized spacial score (nSPS) is 13.4. The molecule has 178 valence electrons. The highest BCUT2D eigenvalue weighted by Crippen LogP contribution is 2.33. The van der Waals surface area contributed by atoms with Crippen LogP contribution >= 0.6 is 0 Å². The van der Waals surface area contributed by atoms with Crippen LogP contribution in [0.15, 0.2) is 66.7 Å². The molecule has 4 aromatic rings. The summed E-state index contributed by atoms with van der Waals surface area (Å²) in [5, 5.41) is 5.76. The van der Waals surface area contributed by atoms with Crippen LogP contribution in [0.4, 0.5) is 28.9 Å². The Morgan fingerprint density at radius 2 is 1.83 bits per heavy atom. The second-order valence-corrected chi connectivity index (χ2v) is 8.39. The van der Waals surface area contributed by atoms with Crippen molar-refractivity contribution in [2.24, 2.45) is 0 Å². The molecule has 1 aliphatic rings. The topological polar surface area (TPSA) is 63.1 Å². The molecule has 0 bridgehead atoms. The number of aryl methyl sites for hydroxylation is 1. The number of benzene rings is 3. The summed E-state index contributed by atoms with van der Waals surface area (Å²) < 4.78 is 55.1. The monoisotopic (exact) mass is 481 g/mol. The molecule has 2 N–H and O–H groups in total. The second kappa shape index (κ2) is 8.57. The molecule has 3 aromatic carbocycles. The number of anilines is 2. The van der Waals surface area contributed by atoms with Gasteiger partial charge in [0.1, 0.15) is 11.5 Å². The molecule has 1 aliphatic heterocycles. The number of carbonyl (C=O) groups excluding carboxylic acids is 2. The van der Waals surface area contributed by atoms with Crippen molar-refractivity contribution in [1.82, 2.24) is 4.57 Å². The van der Waals surface area contributed by atoms with E-state index in [9.17, 15) is 27.2 Å².